The third-order valence-electron chi connectivity index (χ3n) is 5.30. The van der Waals surface area contributed by atoms with E-state index in [0.29, 0.717) is 34.8 Å². The van der Waals surface area contributed by atoms with Gasteiger partial charge in [0.25, 0.3) is 0 Å². The highest BCUT2D eigenvalue weighted by Gasteiger charge is 2.31. The first kappa shape index (κ1) is 25.1. The molecule has 1 aliphatic heterocycles. The molecule has 170 valence electrons. The highest BCUT2D eigenvalue weighted by molar-refractivity contribution is 14.1. The molecule has 0 aromatic heterocycles. The molecule has 5 nitrogen and oxygen atoms in total. The predicted octanol–water partition coefficient (Wildman–Crippen LogP) is 7.78. The Bertz CT molecular complexity index is 1560. The van der Waals surface area contributed by atoms with Crippen LogP contribution in [0.5, 0.6) is 5.75 Å². The van der Waals surface area contributed by atoms with E-state index in [9.17, 15) is 19.8 Å². The molecule has 0 bridgehead atoms. The SMILES string of the molecule is Cc1c2oc3c(C)c([O-])c(I)cc3c(-c3c(Cl)c(Cl)c(Cl)c(Cl)c3C(=O)O)c-2cc(I)c1=O. The van der Waals surface area contributed by atoms with Crippen molar-refractivity contribution in [1.82, 2.24) is 0 Å². The number of carbonyl (C=O) groups is 1. The van der Waals surface area contributed by atoms with Gasteiger partial charge in [-0.05, 0) is 76.7 Å². The van der Waals surface area contributed by atoms with Crippen molar-refractivity contribution >= 4 is 109 Å². The van der Waals surface area contributed by atoms with Gasteiger partial charge in [0.05, 0.1) is 29.2 Å². The summed E-state index contributed by atoms with van der Waals surface area (Å²) in [5.74, 6) is -1.43. The lowest BCUT2D eigenvalue weighted by atomic mass is 9.88. The molecule has 0 saturated heterocycles. The normalized spacial score (nSPS) is 11.5. The first-order valence-corrected chi connectivity index (χ1v) is 12.7. The quantitative estimate of drug-likeness (QED) is 0.0980. The van der Waals surface area contributed by atoms with Crippen molar-refractivity contribution < 1.29 is 19.4 Å². The minimum Gasteiger partial charge on any atom is -0.871 e. The second kappa shape index (κ2) is 8.91. The van der Waals surface area contributed by atoms with Crippen molar-refractivity contribution in [3.05, 3.63) is 66.3 Å². The molecule has 2 aromatic carbocycles. The fraction of sp³-hybridized carbons (Fsp3) is 0.0909. The summed E-state index contributed by atoms with van der Waals surface area (Å²) < 4.78 is 6.85. The van der Waals surface area contributed by atoms with Gasteiger partial charge >= 0.3 is 5.97 Å². The van der Waals surface area contributed by atoms with Crippen LogP contribution in [0.4, 0.5) is 0 Å². The maximum Gasteiger partial charge on any atom is 0.337 e. The van der Waals surface area contributed by atoms with Gasteiger partial charge in [-0.25, -0.2) is 4.79 Å². The second-order valence-electron chi connectivity index (χ2n) is 7.17. The average molecular weight is 749 g/mol. The Morgan fingerprint density at radius 3 is 2.15 bits per heavy atom. The summed E-state index contributed by atoms with van der Waals surface area (Å²) in [6.07, 6.45) is 0. The van der Waals surface area contributed by atoms with Crippen LogP contribution >= 0.6 is 91.6 Å². The molecule has 1 aliphatic carbocycles. The van der Waals surface area contributed by atoms with Crippen LogP contribution in [-0.4, -0.2) is 11.1 Å². The molecular formula is C22H9Cl4I2O5-. The highest BCUT2D eigenvalue weighted by Crippen LogP contribution is 2.52. The third kappa shape index (κ3) is 3.79. The summed E-state index contributed by atoms with van der Waals surface area (Å²) >= 11 is 29.2. The monoisotopic (exact) mass is 747 g/mol. The number of hydrogen-bond acceptors (Lipinski definition) is 4. The summed E-state index contributed by atoms with van der Waals surface area (Å²) in [6, 6.07) is 3.16. The number of aromatic carboxylic acids is 1. The predicted molar refractivity (Wildman–Crippen MR) is 146 cm³/mol. The molecule has 0 fully saturated rings. The van der Waals surface area contributed by atoms with E-state index < -0.39 is 5.97 Å². The van der Waals surface area contributed by atoms with E-state index in [-0.39, 0.29) is 53.7 Å². The van der Waals surface area contributed by atoms with Crippen LogP contribution in [0.2, 0.25) is 20.1 Å². The number of carboxylic acids is 1. The van der Waals surface area contributed by atoms with Crippen molar-refractivity contribution in [2.75, 3.05) is 0 Å². The van der Waals surface area contributed by atoms with Crippen LogP contribution in [-0.2, 0) is 0 Å². The van der Waals surface area contributed by atoms with Gasteiger partial charge in [0.2, 0.25) is 0 Å². The van der Waals surface area contributed by atoms with Crippen LogP contribution < -0.4 is 10.5 Å². The van der Waals surface area contributed by atoms with E-state index in [1.165, 1.54) is 0 Å². The molecule has 0 spiro atoms. The molecule has 2 aromatic rings. The van der Waals surface area contributed by atoms with Crippen LogP contribution in [0.3, 0.4) is 0 Å². The minimum atomic E-state index is -1.38. The Morgan fingerprint density at radius 2 is 1.55 bits per heavy atom. The second-order valence-corrected chi connectivity index (χ2v) is 11.0. The smallest absolute Gasteiger partial charge is 0.337 e. The zero-order valence-electron chi connectivity index (χ0n) is 16.5. The van der Waals surface area contributed by atoms with Crippen LogP contribution in [0.15, 0.2) is 21.3 Å². The lowest BCUT2D eigenvalue weighted by molar-refractivity contribution is -0.270. The molecule has 33 heavy (non-hydrogen) atoms. The van der Waals surface area contributed by atoms with E-state index in [0.717, 1.165) is 0 Å². The number of benzene rings is 3. The lowest BCUT2D eigenvalue weighted by Gasteiger charge is -2.23. The summed E-state index contributed by atoms with van der Waals surface area (Å²) in [6.45, 7) is 3.18. The average Bonchev–Trinajstić information content (AvgIpc) is 2.76. The van der Waals surface area contributed by atoms with Gasteiger partial charge in [0, 0.05) is 31.2 Å². The first-order chi connectivity index (χ1) is 15.4. The molecule has 0 atom stereocenters. The molecule has 0 amide bonds. The fourth-order valence-corrected chi connectivity index (χ4v) is 6.16. The molecule has 1 heterocycles. The fourth-order valence-electron chi connectivity index (χ4n) is 3.70. The largest absolute Gasteiger partial charge is 0.871 e. The molecule has 0 saturated carbocycles. The van der Waals surface area contributed by atoms with Gasteiger partial charge in [-0.3, -0.25) is 4.79 Å². The maximum atomic E-state index is 12.7. The van der Waals surface area contributed by atoms with Gasteiger partial charge < -0.3 is 14.6 Å². The highest BCUT2D eigenvalue weighted by atomic mass is 127. The standard InChI is InChI=1S/C22H10Cl4I2O5/c1-5-18(29)9(27)3-7-11(8-4-10(28)19(30)6(2)21(8)33-20(5)7)12-13(22(31)32)15(24)17(26)16(25)14(12)23/h3-4,29H,1-2H3,(H,31,32)/p-1. The maximum absolute atomic E-state index is 12.7. The van der Waals surface area contributed by atoms with Crippen LogP contribution in [0.25, 0.3) is 33.4 Å². The number of hydrogen-bond donors (Lipinski definition) is 1. The van der Waals surface area contributed by atoms with Gasteiger partial charge in [-0.2, -0.15) is 0 Å². The van der Waals surface area contributed by atoms with E-state index in [1.54, 1.807) is 26.0 Å². The van der Waals surface area contributed by atoms with E-state index in [2.05, 4.69) is 0 Å². The van der Waals surface area contributed by atoms with Crippen molar-refractivity contribution in [2.24, 2.45) is 0 Å². The van der Waals surface area contributed by atoms with Crippen molar-refractivity contribution in [3.63, 3.8) is 0 Å². The third-order valence-corrected chi connectivity index (χ3v) is 8.71. The number of aryl methyl sites for hydroxylation is 1. The summed E-state index contributed by atoms with van der Waals surface area (Å²) in [4.78, 5) is 25.0. The van der Waals surface area contributed by atoms with E-state index in [1.807, 2.05) is 45.2 Å². The molecular weight excluding hydrogens is 740 g/mol. The van der Waals surface area contributed by atoms with Crippen LogP contribution in [0, 0.1) is 21.0 Å². The molecule has 0 unspecified atom stereocenters. The van der Waals surface area contributed by atoms with Gasteiger partial charge in [-0.1, -0.05) is 52.2 Å². The van der Waals surface area contributed by atoms with Crippen molar-refractivity contribution in [3.8, 4) is 28.2 Å². The minimum absolute atomic E-state index is 0.0112. The molecule has 11 heteroatoms. The Labute approximate surface area is 234 Å². The Kier molecular flexibility index (Phi) is 6.78. The van der Waals surface area contributed by atoms with Gasteiger partial charge in [0.1, 0.15) is 11.3 Å². The summed E-state index contributed by atoms with van der Waals surface area (Å²) in [7, 11) is 0. The number of carboxylic acid groups (broad SMARTS) is 1. The molecule has 0 radical (unpaired) electrons. The Morgan fingerprint density at radius 1 is 0.939 bits per heavy atom. The molecule has 4 rings (SSSR count). The Balaban J connectivity index is 2.43. The van der Waals surface area contributed by atoms with Crippen LogP contribution in [0.1, 0.15) is 21.5 Å². The number of rotatable bonds is 2. The summed E-state index contributed by atoms with van der Waals surface area (Å²) in [5, 5.41) is 22.4. The van der Waals surface area contributed by atoms with E-state index in [4.69, 9.17) is 50.8 Å². The van der Waals surface area contributed by atoms with Crippen molar-refractivity contribution in [1.29, 1.82) is 0 Å². The van der Waals surface area contributed by atoms with Crippen molar-refractivity contribution in [2.45, 2.75) is 13.8 Å². The molecule has 1 N–H and O–H groups in total. The molecule has 2 aliphatic rings. The zero-order chi connectivity index (χ0) is 24.5. The topological polar surface area (TPSA) is 90.6 Å². The summed E-state index contributed by atoms with van der Waals surface area (Å²) in [5.41, 5.74) is 0.919. The first-order valence-electron chi connectivity index (χ1n) is 9.03. The zero-order valence-corrected chi connectivity index (χ0v) is 23.8. The van der Waals surface area contributed by atoms with Gasteiger partial charge in [-0.15, -0.1) is 0 Å². The van der Waals surface area contributed by atoms with E-state index >= 15 is 0 Å². The number of fused-ring (bicyclic) bond motifs is 2. The van der Waals surface area contributed by atoms with Gasteiger partial charge in [0.15, 0.2) is 5.43 Å². The lowest BCUT2D eigenvalue weighted by Crippen LogP contribution is -2.13. The Hall–Kier alpha value is -0.980. The number of halogens is 6.